The number of Topliss-reactive ketones (excluding diaryl/α,β-unsaturated/α-hetero) is 1. The van der Waals surface area contributed by atoms with Crippen LogP contribution in [-0.2, 0) is 4.79 Å². The first-order valence-corrected chi connectivity index (χ1v) is 4.58. The van der Waals surface area contributed by atoms with E-state index >= 15 is 0 Å². The van der Waals surface area contributed by atoms with Gasteiger partial charge in [0.2, 0.25) is 0 Å². The topological polar surface area (TPSA) is 37.3 Å². The predicted octanol–water partition coefficient (Wildman–Crippen LogP) is 2.23. The van der Waals surface area contributed by atoms with E-state index in [1.54, 1.807) is 6.92 Å². The average molecular weight is 196 g/mol. The van der Waals surface area contributed by atoms with Gasteiger partial charge in [-0.2, -0.15) is 0 Å². The Kier molecular flexibility index (Phi) is 3.77. The lowest BCUT2D eigenvalue weighted by Crippen LogP contribution is -2.05. The summed E-state index contributed by atoms with van der Waals surface area (Å²) in [5, 5.41) is 9.57. The van der Waals surface area contributed by atoms with E-state index in [9.17, 15) is 14.3 Å². The van der Waals surface area contributed by atoms with Crippen molar-refractivity contribution < 1.29 is 14.3 Å². The highest BCUT2D eigenvalue weighted by molar-refractivity contribution is 5.78. The van der Waals surface area contributed by atoms with Gasteiger partial charge in [0.25, 0.3) is 0 Å². The number of rotatable bonds is 4. The minimum atomic E-state index is -0.817. The molecule has 0 saturated carbocycles. The molecular formula is C11H13FO2. The lowest BCUT2D eigenvalue weighted by atomic mass is 10.0. The van der Waals surface area contributed by atoms with Crippen molar-refractivity contribution in [2.75, 3.05) is 0 Å². The molecule has 0 aromatic heterocycles. The molecule has 14 heavy (non-hydrogen) atoms. The van der Waals surface area contributed by atoms with Crippen LogP contribution < -0.4 is 0 Å². The van der Waals surface area contributed by atoms with Gasteiger partial charge in [-0.3, -0.25) is 4.79 Å². The van der Waals surface area contributed by atoms with Crippen molar-refractivity contribution in [1.29, 1.82) is 0 Å². The van der Waals surface area contributed by atoms with E-state index in [1.807, 2.05) is 0 Å². The molecule has 0 radical (unpaired) electrons. The number of carbonyl (C=O) groups is 1. The van der Waals surface area contributed by atoms with E-state index in [2.05, 4.69) is 0 Å². The van der Waals surface area contributed by atoms with Crippen LogP contribution in [0.4, 0.5) is 4.39 Å². The first-order chi connectivity index (χ1) is 6.63. The molecule has 0 amide bonds. The fourth-order valence-corrected chi connectivity index (χ4v) is 1.16. The fraction of sp³-hybridized carbons (Fsp3) is 0.364. The lowest BCUT2D eigenvalue weighted by molar-refractivity contribution is -0.120. The molecule has 0 fully saturated rings. The van der Waals surface area contributed by atoms with Gasteiger partial charge >= 0.3 is 0 Å². The Bertz CT molecular complexity index is 306. The summed E-state index contributed by atoms with van der Waals surface area (Å²) in [4.78, 5) is 11.0. The molecule has 1 N–H and O–H groups in total. The number of aliphatic hydroxyl groups is 1. The fourth-order valence-electron chi connectivity index (χ4n) is 1.16. The second-order valence-corrected chi connectivity index (χ2v) is 3.16. The van der Waals surface area contributed by atoms with Crippen molar-refractivity contribution in [2.24, 2.45) is 0 Å². The van der Waals surface area contributed by atoms with Gasteiger partial charge < -0.3 is 5.11 Å². The number of hydrogen-bond acceptors (Lipinski definition) is 2. The largest absolute Gasteiger partial charge is 0.388 e. The van der Waals surface area contributed by atoms with E-state index in [-0.39, 0.29) is 18.0 Å². The molecule has 0 unspecified atom stereocenters. The molecule has 0 aliphatic carbocycles. The van der Waals surface area contributed by atoms with E-state index in [0.29, 0.717) is 12.0 Å². The molecule has 0 aliphatic heterocycles. The number of ketones is 1. The van der Waals surface area contributed by atoms with Crippen LogP contribution in [0.15, 0.2) is 24.3 Å². The monoisotopic (exact) mass is 196 g/mol. The predicted molar refractivity (Wildman–Crippen MR) is 51.3 cm³/mol. The van der Waals surface area contributed by atoms with E-state index in [1.165, 1.54) is 24.3 Å². The summed E-state index contributed by atoms with van der Waals surface area (Å²) in [5.74, 6) is -0.343. The molecule has 1 atom stereocenters. The molecule has 1 aromatic carbocycles. The maximum absolute atomic E-state index is 12.5. The number of hydrogen-bond donors (Lipinski definition) is 1. The highest BCUT2D eigenvalue weighted by Crippen LogP contribution is 2.17. The number of carbonyl (C=O) groups excluding carboxylic acids is 1. The van der Waals surface area contributed by atoms with Crippen molar-refractivity contribution >= 4 is 5.78 Å². The number of halogens is 1. The van der Waals surface area contributed by atoms with Crippen molar-refractivity contribution in [3.8, 4) is 0 Å². The normalized spacial score (nSPS) is 12.5. The molecule has 1 rings (SSSR count). The molecule has 3 heteroatoms. The zero-order valence-electron chi connectivity index (χ0n) is 8.03. The number of benzene rings is 1. The maximum Gasteiger partial charge on any atom is 0.135 e. The third kappa shape index (κ3) is 2.92. The van der Waals surface area contributed by atoms with Crippen molar-refractivity contribution in [2.45, 2.75) is 25.9 Å². The molecule has 1 aromatic rings. The van der Waals surface area contributed by atoms with Gasteiger partial charge in [-0.05, 0) is 17.7 Å². The minimum Gasteiger partial charge on any atom is -0.388 e. The van der Waals surface area contributed by atoms with Gasteiger partial charge in [0, 0.05) is 12.8 Å². The summed E-state index contributed by atoms with van der Waals surface area (Å²) in [6.07, 6.45) is -0.302. The Labute approximate surface area is 82.4 Å². The standard InChI is InChI=1S/C11H13FO2/c1-2-10(13)7-11(14)8-3-5-9(12)6-4-8/h3-6,11,14H,2,7H2,1H3/t11-/m1/s1. The molecule has 76 valence electrons. The van der Waals surface area contributed by atoms with Crippen LogP contribution in [0.5, 0.6) is 0 Å². The summed E-state index contributed by atoms with van der Waals surface area (Å²) in [5.41, 5.74) is 0.577. The van der Waals surface area contributed by atoms with Gasteiger partial charge in [-0.1, -0.05) is 19.1 Å². The Morgan fingerprint density at radius 1 is 1.43 bits per heavy atom. The van der Waals surface area contributed by atoms with Crippen LogP contribution >= 0.6 is 0 Å². The Morgan fingerprint density at radius 2 is 2.00 bits per heavy atom. The summed E-state index contributed by atoms with van der Waals surface area (Å²) in [6.45, 7) is 1.75. The van der Waals surface area contributed by atoms with Crippen LogP contribution in [-0.4, -0.2) is 10.9 Å². The van der Waals surface area contributed by atoms with Gasteiger partial charge in [0.15, 0.2) is 0 Å². The molecule has 0 spiro atoms. The second kappa shape index (κ2) is 4.86. The van der Waals surface area contributed by atoms with Crippen molar-refractivity contribution in [3.63, 3.8) is 0 Å². The minimum absolute atomic E-state index is 0.00169. The maximum atomic E-state index is 12.5. The molecule has 0 saturated heterocycles. The van der Waals surface area contributed by atoms with E-state index < -0.39 is 6.10 Å². The molecule has 0 aliphatic rings. The summed E-state index contributed by atoms with van der Waals surface area (Å²) < 4.78 is 12.5. The second-order valence-electron chi connectivity index (χ2n) is 3.16. The summed E-state index contributed by atoms with van der Waals surface area (Å²) >= 11 is 0. The van der Waals surface area contributed by atoms with Gasteiger partial charge in [0.05, 0.1) is 6.10 Å². The molecule has 0 heterocycles. The highest BCUT2D eigenvalue weighted by Gasteiger charge is 2.11. The zero-order valence-corrected chi connectivity index (χ0v) is 8.03. The van der Waals surface area contributed by atoms with Gasteiger partial charge in [-0.25, -0.2) is 4.39 Å². The van der Waals surface area contributed by atoms with Gasteiger partial charge in [0.1, 0.15) is 11.6 Å². The molecule has 2 nitrogen and oxygen atoms in total. The Hall–Kier alpha value is -1.22. The Balaban J connectivity index is 2.65. The highest BCUT2D eigenvalue weighted by atomic mass is 19.1. The third-order valence-electron chi connectivity index (χ3n) is 2.07. The van der Waals surface area contributed by atoms with Crippen molar-refractivity contribution in [3.05, 3.63) is 35.6 Å². The third-order valence-corrected chi connectivity index (χ3v) is 2.07. The molecule has 0 bridgehead atoms. The smallest absolute Gasteiger partial charge is 0.135 e. The summed E-state index contributed by atoms with van der Waals surface area (Å²) in [6, 6.07) is 5.52. The van der Waals surface area contributed by atoms with Gasteiger partial charge in [-0.15, -0.1) is 0 Å². The summed E-state index contributed by atoms with van der Waals surface area (Å²) in [7, 11) is 0. The number of aliphatic hydroxyl groups excluding tert-OH is 1. The Morgan fingerprint density at radius 3 is 2.50 bits per heavy atom. The van der Waals surface area contributed by atoms with E-state index in [4.69, 9.17) is 0 Å². The lowest BCUT2D eigenvalue weighted by Gasteiger charge is -2.08. The zero-order chi connectivity index (χ0) is 10.6. The SMILES string of the molecule is CCC(=O)C[C@@H](O)c1ccc(F)cc1. The first-order valence-electron chi connectivity index (χ1n) is 4.58. The van der Waals surface area contributed by atoms with Crippen LogP contribution in [0.25, 0.3) is 0 Å². The average Bonchev–Trinajstić information content (AvgIpc) is 2.18. The first kappa shape index (κ1) is 10.9. The van der Waals surface area contributed by atoms with Crippen LogP contribution in [0.3, 0.4) is 0 Å². The van der Waals surface area contributed by atoms with Crippen LogP contribution in [0.1, 0.15) is 31.4 Å². The quantitative estimate of drug-likeness (QED) is 0.801. The van der Waals surface area contributed by atoms with Crippen LogP contribution in [0, 0.1) is 5.82 Å². The van der Waals surface area contributed by atoms with E-state index in [0.717, 1.165) is 0 Å². The van der Waals surface area contributed by atoms with Crippen LogP contribution in [0.2, 0.25) is 0 Å². The van der Waals surface area contributed by atoms with Crippen molar-refractivity contribution in [1.82, 2.24) is 0 Å². The molecular weight excluding hydrogens is 183 g/mol.